The molecule has 3 nitrogen and oxygen atoms in total. The van der Waals surface area contributed by atoms with Crippen LogP contribution in [0, 0.1) is 0 Å². The van der Waals surface area contributed by atoms with Crippen molar-refractivity contribution < 1.29 is 15.0 Å². The molecule has 0 aromatic rings. The second-order valence-corrected chi connectivity index (χ2v) is 5.21. The van der Waals surface area contributed by atoms with Gasteiger partial charge in [-0.05, 0) is 44.6 Å². The molecule has 0 atom stereocenters. The quantitative estimate of drug-likeness (QED) is 0.266. The van der Waals surface area contributed by atoms with Crippen LogP contribution in [0.15, 0.2) is 36.1 Å². The average Bonchev–Trinajstić information content (AvgIpc) is 2.44. The lowest BCUT2D eigenvalue weighted by atomic mass is 10.1. The van der Waals surface area contributed by atoms with E-state index in [-0.39, 0.29) is 6.42 Å². The Bertz CT molecular complexity index is 340. The first-order chi connectivity index (χ1) is 10.2. The van der Waals surface area contributed by atoms with E-state index in [1.807, 2.05) is 6.08 Å². The van der Waals surface area contributed by atoms with Gasteiger partial charge < -0.3 is 10.2 Å². The van der Waals surface area contributed by atoms with E-state index in [1.165, 1.54) is 12.8 Å². The van der Waals surface area contributed by atoms with Crippen LogP contribution in [-0.2, 0) is 4.79 Å². The van der Waals surface area contributed by atoms with Crippen molar-refractivity contribution >= 4 is 5.97 Å². The number of carboxylic acid groups (broad SMARTS) is 1. The molecular weight excluding hydrogens is 264 g/mol. The highest BCUT2D eigenvalue weighted by atomic mass is 16.4. The van der Waals surface area contributed by atoms with Gasteiger partial charge in [0.25, 0.3) is 0 Å². The fraction of sp³-hybridized carbons (Fsp3) is 0.611. The maximum Gasteiger partial charge on any atom is 0.303 e. The molecule has 120 valence electrons. The largest absolute Gasteiger partial charge is 0.513 e. The lowest BCUT2D eigenvalue weighted by Crippen LogP contribution is -1.92. The molecule has 0 spiro atoms. The van der Waals surface area contributed by atoms with Crippen molar-refractivity contribution in [1.29, 1.82) is 0 Å². The van der Waals surface area contributed by atoms with Crippen LogP contribution in [-0.4, -0.2) is 16.2 Å². The number of carbonyl (C=O) groups is 1. The van der Waals surface area contributed by atoms with Crippen LogP contribution in [0.4, 0.5) is 0 Å². The zero-order valence-corrected chi connectivity index (χ0v) is 13.3. The Morgan fingerprint density at radius 3 is 2.24 bits per heavy atom. The number of aliphatic carboxylic acids is 1. The van der Waals surface area contributed by atoms with Crippen LogP contribution in [0.1, 0.15) is 71.1 Å². The van der Waals surface area contributed by atoms with E-state index in [2.05, 4.69) is 31.2 Å². The third-order valence-electron chi connectivity index (χ3n) is 3.14. The maximum absolute atomic E-state index is 10.3. The van der Waals surface area contributed by atoms with Crippen LogP contribution in [0.5, 0.6) is 0 Å². The van der Waals surface area contributed by atoms with E-state index in [1.54, 1.807) is 0 Å². The van der Waals surface area contributed by atoms with E-state index in [0.29, 0.717) is 5.76 Å². The van der Waals surface area contributed by atoms with E-state index in [0.717, 1.165) is 44.9 Å². The molecule has 0 radical (unpaired) electrons. The highest BCUT2D eigenvalue weighted by Gasteiger charge is 1.94. The Morgan fingerprint density at radius 1 is 0.857 bits per heavy atom. The Kier molecular flexibility index (Phi) is 13.8. The third kappa shape index (κ3) is 16.4. The predicted molar refractivity (Wildman–Crippen MR) is 88.5 cm³/mol. The second kappa shape index (κ2) is 14.9. The summed E-state index contributed by atoms with van der Waals surface area (Å²) in [5.74, 6) is -0.213. The first kappa shape index (κ1) is 19.5. The number of carboxylic acids is 1. The summed E-state index contributed by atoms with van der Waals surface area (Å²) < 4.78 is 0. The predicted octanol–water partition coefficient (Wildman–Crippen LogP) is 5.55. The molecule has 0 aliphatic heterocycles. The molecule has 0 aliphatic carbocycles. The number of allylic oxidation sites excluding steroid dienone is 6. The molecule has 0 fully saturated rings. The Balaban J connectivity index is 3.50. The van der Waals surface area contributed by atoms with Crippen LogP contribution < -0.4 is 0 Å². The van der Waals surface area contributed by atoms with Gasteiger partial charge in [-0.2, -0.15) is 0 Å². The van der Waals surface area contributed by atoms with Gasteiger partial charge in [0.1, 0.15) is 0 Å². The minimum atomic E-state index is -0.715. The number of hydrogen-bond donors (Lipinski definition) is 2. The fourth-order valence-electron chi connectivity index (χ4n) is 1.89. The van der Waals surface area contributed by atoms with Gasteiger partial charge in [0, 0.05) is 12.8 Å². The van der Waals surface area contributed by atoms with E-state index in [4.69, 9.17) is 5.11 Å². The topological polar surface area (TPSA) is 57.5 Å². The third-order valence-corrected chi connectivity index (χ3v) is 3.14. The second-order valence-electron chi connectivity index (χ2n) is 5.21. The zero-order valence-electron chi connectivity index (χ0n) is 13.3. The summed E-state index contributed by atoms with van der Waals surface area (Å²) in [6.07, 6.45) is 19.0. The lowest BCUT2D eigenvalue weighted by Gasteiger charge is -1.97. The summed E-state index contributed by atoms with van der Waals surface area (Å²) in [5, 5.41) is 18.1. The van der Waals surface area contributed by atoms with Crippen LogP contribution in [0.3, 0.4) is 0 Å². The Morgan fingerprint density at radius 2 is 1.52 bits per heavy atom. The normalized spacial score (nSPS) is 12.5. The molecule has 0 saturated carbocycles. The van der Waals surface area contributed by atoms with Gasteiger partial charge in [-0.3, -0.25) is 4.79 Å². The van der Waals surface area contributed by atoms with Gasteiger partial charge in [0.15, 0.2) is 0 Å². The Labute approximate surface area is 129 Å². The van der Waals surface area contributed by atoms with Crippen molar-refractivity contribution in [3.8, 4) is 0 Å². The number of unbranched alkanes of at least 4 members (excludes halogenated alkanes) is 4. The molecule has 2 N–H and O–H groups in total. The van der Waals surface area contributed by atoms with Gasteiger partial charge in [-0.15, -0.1) is 0 Å². The molecule has 0 aromatic heterocycles. The van der Waals surface area contributed by atoms with Crippen LogP contribution in [0.2, 0.25) is 0 Å². The minimum absolute atomic E-state index is 0.266. The highest BCUT2D eigenvalue weighted by molar-refractivity contribution is 5.66. The summed E-state index contributed by atoms with van der Waals surface area (Å²) >= 11 is 0. The summed E-state index contributed by atoms with van der Waals surface area (Å²) in [6, 6.07) is 0. The Hall–Kier alpha value is -1.51. The standard InChI is InChI=1S/C18H30O3/c1-2-3-11-14-17(19)15-12-9-7-5-4-6-8-10-13-16-18(20)21/h4,6-7,9,15,19H,2-3,5,8,10-14,16H2,1H3,(H,20,21). The monoisotopic (exact) mass is 294 g/mol. The highest BCUT2D eigenvalue weighted by Crippen LogP contribution is 2.07. The molecule has 0 aromatic carbocycles. The van der Waals surface area contributed by atoms with Gasteiger partial charge in [0.2, 0.25) is 0 Å². The molecule has 0 aliphatic rings. The maximum atomic E-state index is 10.3. The summed E-state index contributed by atoms with van der Waals surface area (Å²) in [4.78, 5) is 10.3. The summed E-state index contributed by atoms with van der Waals surface area (Å²) in [6.45, 7) is 2.16. The molecule has 0 rings (SSSR count). The van der Waals surface area contributed by atoms with E-state index < -0.39 is 5.97 Å². The van der Waals surface area contributed by atoms with E-state index in [9.17, 15) is 9.90 Å². The van der Waals surface area contributed by atoms with Gasteiger partial charge in [0.05, 0.1) is 5.76 Å². The first-order valence-electron chi connectivity index (χ1n) is 8.06. The van der Waals surface area contributed by atoms with Gasteiger partial charge in [-0.25, -0.2) is 0 Å². The smallest absolute Gasteiger partial charge is 0.303 e. The van der Waals surface area contributed by atoms with Crippen molar-refractivity contribution in [3.63, 3.8) is 0 Å². The van der Waals surface area contributed by atoms with Crippen molar-refractivity contribution in [3.05, 3.63) is 36.1 Å². The molecule has 0 unspecified atom stereocenters. The fourth-order valence-corrected chi connectivity index (χ4v) is 1.89. The summed E-state index contributed by atoms with van der Waals surface area (Å²) in [7, 11) is 0. The number of rotatable bonds is 13. The van der Waals surface area contributed by atoms with Crippen molar-refractivity contribution in [2.24, 2.45) is 0 Å². The molecule has 0 bridgehead atoms. The van der Waals surface area contributed by atoms with Crippen molar-refractivity contribution in [1.82, 2.24) is 0 Å². The zero-order chi connectivity index (χ0) is 15.8. The van der Waals surface area contributed by atoms with E-state index >= 15 is 0 Å². The van der Waals surface area contributed by atoms with Crippen molar-refractivity contribution in [2.45, 2.75) is 71.1 Å². The van der Waals surface area contributed by atoms with Gasteiger partial charge in [-0.1, -0.05) is 44.1 Å². The van der Waals surface area contributed by atoms with Gasteiger partial charge >= 0.3 is 5.97 Å². The molecule has 0 amide bonds. The minimum Gasteiger partial charge on any atom is -0.513 e. The molecular formula is C18H30O3. The summed E-state index contributed by atoms with van der Waals surface area (Å²) in [5.41, 5.74) is 0. The molecule has 0 saturated heterocycles. The van der Waals surface area contributed by atoms with Crippen LogP contribution >= 0.6 is 0 Å². The number of aliphatic hydroxyl groups is 1. The van der Waals surface area contributed by atoms with Crippen LogP contribution in [0.25, 0.3) is 0 Å². The number of aliphatic hydroxyl groups excluding tert-OH is 1. The SMILES string of the molecule is CCCCCC(O)=CCC=CCC=CCCCCC(=O)O. The number of hydrogen-bond acceptors (Lipinski definition) is 2. The first-order valence-corrected chi connectivity index (χ1v) is 8.06. The molecule has 21 heavy (non-hydrogen) atoms. The molecule has 3 heteroatoms. The lowest BCUT2D eigenvalue weighted by molar-refractivity contribution is -0.137. The van der Waals surface area contributed by atoms with Crippen molar-refractivity contribution in [2.75, 3.05) is 0 Å². The molecule has 0 heterocycles. The average molecular weight is 294 g/mol.